The molecule has 0 bridgehead atoms. The predicted molar refractivity (Wildman–Crippen MR) is 476 cm³/mol. The Morgan fingerprint density at radius 2 is 0.683 bits per heavy atom. The van der Waals surface area contributed by atoms with Crippen molar-refractivity contribution in [2.75, 3.05) is 77.7 Å². The second kappa shape index (κ2) is 40.0. The van der Waals surface area contributed by atoms with Gasteiger partial charge in [0.1, 0.15) is 58.8 Å². The van der Waals surface area contributed by atoms with Crippen LogP contribution in [0, 0.1) is 43.9 Å². The van der Waals surface area contributed by atoms with Crippen molar-refractivity contribution < 1.29 is 52.5 Å². The van der Waals surface area contributed by atoms with Gasteiger partial charge in [-0.3, -0.25) is 0 Å². The van der Waals surface area contributed by atoms with Gasteiger partial charge in [0.25, 0.3) is 0 Å². The number of aryl methyl sites for hydroxylation is 3. The molecular formula is C98H87ClN10O11. The van der Waals surface area contributed by atoms with Crippen molar-refractivity contribution in [3.63, 3.8) is 0 Å². The normalized spacial score (nSPS) is 10.4. The Labute approximate surface area is 701 Å². The van der Waals surface area contributed by atoms with Gasteiger partial charge in [-0.15, -0.1) is 0 Å². The van der Waals surface area contributed by atoms with Gasteiger partial charge >= 0.3 is 0 Å². The van der Waals surface area contributed by atoms with Crippen LogP contribution in [0.5, 0.6) is 57.5 Å². The monoisotopic (exact) mass is 1610 g/mol. The Morgan fingerprint density at radius 3 is 1.06 bits per heavy atom. The number of halogens is 1. The fourth-order valence-corrected chi connectivity index (χ4v) is 13.3. The summed E-state index contributed by atoms with van der Waals surface area (Å²) in [4.78, 5) is 40.2. The first-order valence-corrected chi connectivity index (χ1v) is 37.7. The maximum Gasteiger partial charge on any atom is 0.223 e. The number of fused-ring (bicyclic) bond motifs is 5. The third kappa shape index (κ3) is 19.7. The molecule has 0 unspecified atom stereocenters. The molecule has 120 heavy (non-hydrogen) atoms. The summed E-state index contributed by atoms with van der Waals surface area (Å²) in [5, 5.41) is 23.0. The number of nitrogens with zero attached hydrogens (tertiary/aromatic N) is 10. The molecule has 0 fully saturated rings. The van der Waals surface area contributed by atoms with Gasteiger partial charge in [-0.2, -0.15) is 5.26 Å². The number of hydrogen-bond acceptors (Lipinski definition) is 21. The number of benzene rings is 10. The lowest BCUT2D eigenvalue weighted by Crippen LogP contribution is -2.00. The number of hydrogen-bond donors (Lipinski definition) is 1. The third-order valence-electron chi connectivity index (χ3n) is 19.0. The number of pyridine rings is 1. The number of ether oxygens (including phenoxy) is 10. The number of rotatable bonds is 20. The van der Waals surface area contributed by atoms with E-state index < -0.39 is 0 Å². The predicted octanol–water partition coefficient (Wildman–Crippen LogP) is 19.9. The highest BCUT2D eigenvalue weighted by atomic mass is 35.5. The number of methoxy groups -OCH3 is 10. The number of aliphatic hydroxyl groups excluding tert-OH is 1. The van der Waals surface area contributed by atoms with Crippen LogP contribution < -0.4 is 47.4 Å². The SMILES string of the molecule is C=C(c1cc(OC)c(OC)c(OC)c1)c1nc(C)nc2ccccc12.C=C(c1cc(OC)c(OC)c(OC)c1)c1nc(Cl)nc2ccccc12.C=C(c1cc(OC)cc(OC)c1)c1nc(C)nc2ccccc12.C=C(c1ccc(OC)c(C#CCO)c1)c1nc(C)nc2ccccc12.C=C(c1ccc(OC)cc1)c1cc(C#N)nc2ccccc12. The van der Waals surface area contributed by atoms with Gasteiger partial charge < -0.3 is 52.5 Å². The van der Waals surface area contributed by atoms with Crippen LogP contribution in [0.1, 0.15) is 84.9 Å². The summed E-state index contributed by atoms with van der Waals surface area (Å²) in [5.41, 5.74) is 17.6. The average molecular weight is 1620 g/mol. The lowest BCUT2D eigenvalue weighted by molar-refractivity contribution is 0.324. The molecule has 0 aliphatic heterocycles. The van der Waals surface area contributed by atoms with Crippen molar-refractivity contribution in [2.45, 2.75) is 20.8 Å². The van der Waals surface area contributed by atoms with E-state index >= 15 is 0 Å². The zero-order chi connectivity index (χ0) is 85.7. The smallest absolute Gasteiger partial charge is 0.223 e. The van der Waals surface area contributed by atoms with Gasteiger partial charge in [-0.05, 0) is 168 Å². The standard InChI is InChI=1S/C21H18N2O2.C20H20N2O3.C19H17ClN2O3.C19H18N2O2.C19H14N2O/c1-14(16-10-11-20(25-3)17(13-16)7-6-12-24)21-18-8-4-5-9-19(18)22-15(2)23-21;1-12(14-10-17(23-3)20(25-5)18(11-14)24-4)19-15-8-6-7-9-16(15)21-13(2)22-19;1-11(12-9-15(23-2)18(25-4)16(10-12)24-3)17-13-7-5-6-8-14(13)21-19(20)22-17;1-12(14-9-15(22-3)11-16(10-14)23-4)19-17-7-5-6-8-18(17)20-13(2)21-19;1-13(14-7-9-16(22-2)10-8-14)18-11-15(12-20)21-19-6-4-3-5-17(18)19/h4-5,8-11,13,24H,1,12H2,2-3H3;6-11H,1H2,2-5H3;5-10H,1H2,2-4H3;5-11H,1H2,2-4H3;3-11H,1H2,2H3. The molecule has 21 nitrogen and oxygen atoms in total. The summed E-state index contributed by atoms with van der Waals surface area (Å²) in [6.07, 6.45) is 0. The molecule has 0 aliphatic rings. The second-order valence-electron chi connectivity index (χ2n) is 26.4. The van der Waals surface area contributed by atoms with Crippen molar-refractivity contribution in [3.05, 3.63) is 335 Å². The van der Waals surface area contributed by atoms with Crippen molar-refractivity contribution in [2.24, 2.45) is 0 Å². The summed E-state index contributed by atoms with van der Waals surface area (Å²) in [5.74, 6) is 13.9. The van der Waals surface area contributed by atoms with E-state index in [2.05, 4.69) is 95.7 Å². The minimum atomic E-state index is -0.204. The fourth-order valence-electron chi connectivity index (χ4n) is 13.1. The molecule has 15 rings (SSSR count). The van der Waals surface area contributed by atoms with Gasteiger partial charge in [0.05, 0.1) is 127 Å². The molecular weight excluding hydrogens is 1530 g/mol. The van der Waals surface area contributed by atoms with Gasteiger partial charge in [0, 0.05) is 55.3 Å². The van der Waals surface area contributed by atoms with E-state index in [-0.39, 0.29) is 11.9 Å². The van der Waals surface area contributed by atoms with Crippen LogP contribution in [-0.2, 0) is 0 Å². The van der Waals surface area contributed by atoms with E-state index in [1.807, 2.05) is 227 Å². The Morgan fingerprint density at radius 1 is 0.333 bits per heavy atom. The van der Waals surface area contributed by atoms with E-state index in [9.17, 15) is 5.26 Å². The van der Waals surface area contributed by atoms with Crippen LogP contribution in [0.3, 0.4) is 0 Å². The lowest BCUT2D eigenvalue weighted by Gasteiger charge is -2.16. The Hall–Kier alpha value is -15.0. The molecule has 0 atom stereocenters. The second-order valence-corrected chi connectivity index (χ2v) is 26.7. The van der Waals surface area contributed by atoms with E-state index in [1.165, 1.54) is 0 Å². The van der Waals surface area contributed by atoms with Crippen LogP contribution in [0.4, 0.5) is 0 Å². The summed E-state index contributed by atoms with van der Waals surface area (Å²) in [6.45, 7) is 26.5. The minimum Gasteiger partial charge on any atom is -0.497 e. The zero-order valence-corrected chi connectivity index (χ0v) is 69.6. The van der Waals surface area contributed by atoms with E-state index in [4.69, 9.17) is 64.1 Å². The molecule has 0 amide bonds. The van der Waals surface area contributed by atoms with Crippen LogP contribution >= 0.6 is 11.6 Å². The highest BCUT2D eigenvalue weighted by molar-refractivity contribution is 6.28. The van der Waals surface area contributed by atoms with Crippen molar-refractivity contribution >= 4 is 94.0 Å². The number of aromatic nitrogens is 9. The first-order chi connectivity index (χ1) is 58.1. The maximum absolute atomic E-state index is 9.18. The third-order valence-corrected chi connectivity index (χ3v) is 19.2. The minimum absolute atomic E-state index is 0.169. The molecule has 10 aromatic carbocycles. The van der Waals surface area contributed by atoms with E-state index in [0.717, 1.165) is 150 Å². The summed E-state index contributed by atoms with van der Waals surface area (Å²) in [6, 6.07) is 69.5. The van der Waals surface area contributed by atoms with Gasteiger partial charge in [0.2, 0.25) is 16.8 Å². The van der Waals surface area contributed by atoms with E-state index in [0.29, 0.717) is 74.4 Å². The average Bonchev–Trinajstić information content (AvgIpc) is 0.806. The molecule has 15 aromatic rings. The molecule has 602 valence electrons. The molecule has 0 saturated heterocycles. The molecule has 0 saturated carbocycles. The number of nitriles is 1. The van der Waals surface area contributed by atoms with Crippen LogP contribution in [0.25, 0.3) is 82.4 Å². The Balaban J connectivity index is 0.000000147. The first-order valence-electron chi connectivity index (χ1n) is 37.3. The first kappa shape index (κ1) is 85.8. The molecule has 22 heteroatoms. The van der Waals surface area contributed by atoms with Gasteiger partial charge in [-0.25, -0.2) is 44.9 Å². The maximum atomic E-state index is 9.18. The van der Waals surface area contributed by atoms with Crippen molar-refractivity contribution in [1.29, 1.82) is 5.26 Å². The molecule has 5 aromatic heterocycles. The molecule has 0 radical (unpaired) electrons. The van der Waals surface area contributed by atoms with Crippen LogP contribution in [0.15, 0.2) is 245 Å². The molecule has 5 heterocycles. The van der Waals surface area contributed by atoms with Crippen LogP contribution in [-0.4, -0.2) is 128 Å². The molecule has 1 N–H and O–H groups in total. The summed E-state index contributed by atoms with van der Waals surface area (Å²) < 4.78 is 53.6. The largest absolute Gasteiger partial charge is 0.497 e. The van der Waals surface area contributed by atoms with Crippen molar-refractivity contribution in [3.8, 4) is 75.4 Å². The topological polar surface area (TPSA) is 252 Å². The quantitative estimate of drug-likeness (QED) is 0.0550. The zero-order valence-electron chi connectivity index (χ0n) is 68.8. The summed E-state index contributed by atoms with van der Waals surface area (Å²) in [7, 11) is 16.0. The van der Waals surface area contributed by atoms with E-state index in [1.54, 1.807) is 77.2 Å². The highest BCUT2D eigenvalue weighted by Crippen LogP contribution is 2.44. The molecule has 0 spiro atoms. The summed E-state index contributed by atoms with van der Waals surface area (Å²) >= 11 is 6.09. The van der Waals surface area contributed by atoms with Gasteiger partial charge in [0.15, 0.2) is 23.0 Å². The van der Waals surface area contributed by atoms with Crippen LogP contribution in [0.2, 0.25) is 5.28 Å². The Kier molecular flexibility index (Phi) is 28.6. The fraction of sp³-hybridized carbons (Fsp3) is 0.143. The van der Waals surface area contributed by atoms with Crippen molar-refractivity contribution in [1.82, 2.24) is 44.9 Å². The Bertz CT molecular complexity index is 6290. The van der Waals surface area contributed by atoms with Gasteiger partial charge in [-0.1, -0.05) is 154 Å². The number of para-hydroxylation sites is 5. The lowest BCUT2D eigenvalue weighted by atomic mass is 9.95. The number of aliphatic hydroxyl groups is 1. The highest BCUT2D eigenvalue weighted by Gasteiger charge is 2.22. The molecule has 0 aliphatic carbocycles.